The average Bonchev–Trinajstić information content (AvgIpc) is 2.28. The monoisotopic (exact) mass is 402 g/mol. The van der Waals surface area contributed by atoms with Gasteiger partial charge in [0.05, 0.1) is 18.3 Å². The SMILES string of the molecule is CCC(C)O.CCC(C)O.CCC(C)O.C[Si](C)(C)O.[Zr]. The first-order chi connectivity index (χ1) is 8.81. The summed E-state index contributed by atoms with van der Waals surface area (Å²) < 4.78 is 0. The quantitative estimate of drug-likeness (QED) is 0.546. The molecule has 0 rings (SSSR count). The summed E-state index contributed by atoms with van der Waals surface area (Å²) in [6.45, 7) is 16.8. The Morgan fingerprint density at radius 3 is 0.714 bits per heavy atom. The zero-order valence-electron chi connectivity index (χ0n) is 15.6. The van der Waals surface area contributed by atoms with Crippen LogP contribution in [0.25, 0.3) is 0 Å². The van der Waals surface area contributed by atoms with Gasteiger partial charge in [-0.1, -0.05) is 20.8 Å². The first kappa shape index (κ1) is 33.5. The van der Waals surface area contributed by atoms with Gasteiger partial charge in [-0.15, -0.1) is 0 Å². The summed E-state index contributed by atoms with van der Waals surface area (Å²) in [7, 11) is -1.61. The fourth-order valence-electron chi connectivity index (χ4n) is 0. The van der Waals surface area contributed by atoms with Gasteiger partial charge < -0.3 is 20.1 Å². The fourth-order valence-corrected chi connectivity index (χ4v) is 0. The molecule has 0 aromatic heterocycles. The average molecular weight is 404 g/mol. The van der Waals surface area contributed by atoms with Crippen molar-refractivity contribution in [2.45, 2.75) is 98.8 Å². The maximum atomic E-state index is 8.66. The Morgan fingerprint density at radius 2 is 0.714 bits per heavy atom. The van der Waals surface area contributed by atoms with Crippen molar-refractivity contribution < 1.29 is 46.3 Å². The molecule has 0 fully saturated rings. The standard InChI is InChI=1S/3C4H10O.C3H10OSi.Zr/c3*1-3-4(2)5;1-5(2,3)4;/h3*4-5H,3H2,1-2H3;4H,1-3H3;. The Hall–Kier alpha value is 0.940. The molecule has 0 radical (unpaired) electrons. The van der Waals surface area contributed by atoms with Gasteiger partial charge in [0, 0.05) is 26.2 Å². The minimum atomic E-state index is -1.61. The Kier molecular flexibility index (Phi) is 37.1. The van der Waals surface area contributed by atoms with Crippen LogP contribution in [0.1, 0.15) is 60.8 Å². The largest absolute Gasteiger partial charge is 0.433 e. The molecule has 0 aliphatic heterocycles. The van der Waals surface area contributed by atoms with Crippen molar-refractivity contribution >= 4 is 8.32 Å². The van der Waals surface area contributed by atoms with Gasteiger partial charge in [-0.05, 0) is 59.7 Å². The Balaban J connectivity index is -0.0000000533. The van der Waals surface area contributed by atoms with Gasteiger partial charge in [0.1, 0.15) is 0 Å². The molecule has 4 N–H and O–H groups in total. The number of aliphatic hydroxyl groups excluding tert-OH is 3. The summed E-state index contributed by atoms with van der Waals surface area (Å²) in [5.41, 5.74) is 0. The van der Waals surface area contributed by atoms with Crippen molar-refractivity contribution in [3.8, 4) is 0 Å². The Labute approximate surface area is 153 Å². The molecular weight excluding hydrogens is 363 g/mol. The molecular formula is C15H40O4SiZr. The normalized spacial score (nSPS) is 13.6. The van der Waals surface area contributed by atoms with E-state index in [1.54, 1.807) is 20.8 Å². The van der Waals surface area contributed by atoms with Crippen LogP contribution < -0.4 is 0 Å². The molecule has 0 spiro atoms. The van der Waals surface area contributed by atoms with Crippen LogP contribution in [0, 0.1) is 0 Å². The smallest absolute Gasteiger partial charge is 0.179 e. The summed E-state index contributed by atoms with van der Waals surface area (Å²) in [6.07, 6.45) is 2.24. The molecule has 0 aromatic rings. The van der Waals surface area contributed by atoms with E-state index in [-0.39, 0.29) is 44.5 Å². The van der Waals surface area contributed by atoms with Gasteiger partial charge in [-0.3, -0.25) is 0 Å². The number of hydrogen-bond donors (Lipinski definition) is 4. The van der Waals surface area contributed by atoms with Gasteiger partial charge >= 0.3 is 0 Å². The summed E-state index contributed by atoms with van der Waals surface area (Å²) in [5, 5.41) is 25.1. The molecule has 0 aliphatic carbocycles. The molecule has 0 amide bonds. The van der Waals surface area contributed by atoms with Gasteiger partial charge in [0.2, 0.25) is 0 Å². The third-order valence-electron chi connectivity index (χ3n) is 1.77. The third kappa shape index (κ3) is 156. The second-order valence-electron chi connectivity index (χ2n) is 5.94. The molecule has 0 bridgehead atoms. The zero-order valence-corrected chi connectivity index (χ0v) is 19.1. The molecule has 6 heteroatoms. The third-order valence-corrected chi connectivity index (χ3v) is 1.77. The van der Waals surface area contributed by atoms with Gasteiger partial charge in [0.25, 0.3) is 0 Å². The van der Waals surface area contributed by atoms with E-state index < -0.39 is 8.32 Å². The Bertz CT molecular complexity index is 135. The molecule has 0 aromatic carbocycles. The number of rotatable bonds is 3. The van der Waals surface area contributed by atoms with Gasteiger partial charge in [-0.25, -0.2) is 0 Å². The van der Waals surface area contributed by atoms with Crippen molar-refractivity contribution in [2.75, 3.05) is 0 Å². The molecule has 21 heavy (non-hydrogen) atoms. The van der Waals surface area contributed by atoms with Crippen molar-refractivity contribution in [1.82, 2.24) is 0 Å². The van der Waals surface area contributed by atoms with E-state index in [1.165, 1.54) is 0 Å². The fraction of sp³-hybridized carbons (Fsp3) is 1.00. The molecule has 0 saturated heterocycles. The summed E-state index contributed by atoms with van der Waals surface area (Å²) >= 11 is 0. The first-order valence-electron chi connectivity index (χ1n) is 7.58. The van der Waals surface area contributed by atoms with Gasteiger partial charge in [-0.2, -0.15) is 0 Å². The van der Waals surface area contributed by atoms with Crippen molar-refractivity contribution in [3.63, 3.8) is 0 Å². The van der Waals surface area contributed by atoms with E-state index >= 15 is 0 Å². The molecule has 4 nitrogen and oxygen atoms in total. The van der Waals surface area contributed by atoms with Crippen molar-refractivity contribution in [1.29, 1.82) is 0 Å². The van der Waals surface area contributed by atoms with E-state index in [0.717, 1.165) is 19.3 Å². The minimum absolute atomic E-state index is 0. The predicted octanol–water partition coefficient (Wildman–Crippen LogP) is 3.14. The number of aliphatic hydroxyl groups is 3. The van der Waals surface area contributed by atoms with E-state index in [2.05, 4.69) is 0 Å². The van der Waals surface area contributed by atoms with Crippen LogP contribution in [0.4, 0.5) is 0 Å². The molecule has 0 aliphatic rings. The van der Waals surface area contributed by atoms with E-state index in [1.807, 2.05) is 40.4 Å². The van der Waals surface area contributed by atoms with Crippen LogP contribution >= 0.6 is 0 Å². The van der Waals surface area contributed by atoms with Crippen LogP contribution in [-0.2, 0) is 26.2 Å². The Morgan fingerprint density at radius 1 is 0.667 bits per heavy atom. The molecule has 132 valence electrons. The van der Waals surface area contributed by atoms with Crippen LogP contribution in [-0.4, -0.2) is 46.7 Å². The second kappa shape index (κ2) is 23.2. The van der Waals surface area contributed by atoms with Crippen LogP contribution in [0.3, 0.4) is 0 Å². The van der Waals surface area contributed by atoms with Crippen LogP contribution in [0.15, 0.2) is 0 Å². The second-order valence-corrected chi connectivity index (χ2v) is 10.3. The van der Waals surface area contributed by atoms with Crippen molar-refractivity contribution in [2.24, 2.45) is 0 Å². The molecule has 3 unspecified atom stereocenters. The summed E-state index contributed by atoms with van der Waals surface area (Å²) in [5.74, 6) is 0. The van der Waals surface area contributed by atoms with E-state index in [4.69, 9.17) is 20.1 Å². The molecule has 3 atom stereocenters. The maximum absolute atomic E-state index is 8.66. The first-order valence-corrected chi connectivity index (χ1v) is 11.0. The molecule has 0 saturated carbocycles. The number of hydrogen-bond acceptors (Lipinski definition) is 4. The van der Waals surface area contributed by atoms with Gasteiger partial charge in [0.15, 0.2) is 8.32 Å². The molecule has 0 heterocycles. The van der Waals surface area contributed by atoms with Crippen LogP contribution in [0.2, 0.25) is 19.6 Å². The maximum Gasteiger partial charge on any atom is 0.179 e. The topological polar surface area (TPSA) is 80.9 Å². The van der Waals surface area contributed by atoms with Crippen molar-refractivity contribution in [3.05, 3.63) is 0 Å². The summed E-state index contributed by atoms with van der Waals surface area (Å²) in [6, 6.07) is 0. The van der Waals surface area contributed by atoms with E-state index in [9.17, 15) is 0 Å². The minimum Gasteiger partial charge on any atom is -0.433 e. The van der Waals surface area contributed by atoms with E-state index in [0.29, 0.717) is 0 Å². The predicted molar refractivity (Wildman–Crippen MR) is 91.5 cm³/mol. The summed E-state index contributed by atoms with van der Waals surface area (Å²) in [4.78, 5) is 8.66. The van der Waals surface area contributed by atoms with Crippen LogP contribution in [0.5, 0.6) is 0 Å². The zero-order chi connectivity index (χ0) is 17.4.